The molecule has 0 aromatic heterocycles. The third kappa shape index (κ3) is 3.37. The highest BCUT2D eigenvalue weighted by Gasteiger charge is 2.30. The van der Waals surface area contributed by atoms with Crippen molar-refractivity contribution in [2.75, 3.05) is 13.1 Å². The molecule has 124 valence electrons. The average molecular weight is 344 g/mol. The third-order valence-electron chi connectivity index (χ3n) is 4.42. The highest BCUT2D eigenvalue weighted by molar-refractivity contribution is 5.85. The molecule has 1 aliphatic rings. The van der Waals surface area contributed by atoms with Crippen LogP contribution in [-0.4, -0.2) is 13.1 Å². The summed E-state index contributed by atoms with van der Waals surface area (Å²) in [6, 6.07) is 21.0. The van der Waals surface area contributed by atoms with E-state index in [4.69, 9.17) is 4.74 Å². The van der Waals surface area contributed by atoms with Crippen molar-refractivity contribution in [3.05, 3.63) is 78.1 Å². The van der Waals surface area contributed by atoms with Crippen LogP contribution < -0.4 is 10.1 Å². The molecule has 2 nitrogen and oxygen atoms in total. The number of rotatable bonds is 4. The molecule has 0 aliphatic carbocycles. The molecule has 0 bridgehead atoms. The van der Waals surface area contributed by atoms with Crippen molar-refractivity contribution in [1.29, 1.82) is 0 Å². The van der Waals surface area contributed by atoms with Crippen LogP contribution in [0.15, 0.2) is 66.7 Å². The lowest BCUT2D eigenvalue weighted by molar-refractivity contribution is 0.0993. The number of halogens is 2. The Labute approximate surface area is 147 Å². The van der Waals surface area contributed by atoms with Gasteiger partial charge in [0.15, 0.2) is 0 Å². The quantitative estimate of drug-likeness (QED) is 0.738. The zero-order valence-corrected chi connectivity index (χ0v) is 13.9. The Morgan fingerprint density at radius 2 is 1.62 bits per heavy atom. The fourth-order valence-electron chi connectivity index (χ4n) is 3.01. The molecule has 3 aromatic carbocycles. The van der Waals surface area contributed by atoms with Gasteiger partial charge in [-0.2, -0.15) is 0 Å². The summed E-state index contributed by atoms with van der Waals surface area (Å²) in [6.07, 6.45) is -0.0219. The monoisotopic (exact) mass is 343 g/mol. The van der Waals surface area contributed by atoms with Crippen molar-refractivity contribution in [2.45, 2.75) is 6.10 Å². The smallest absolute Gasteiger partial charge is 0.129 e. The molecule has 1 aliphatic heterocycles. The molecule has 0 spiro atoms. The lowest BCUT2D eigenvalue weighted by Crippen LogP contribution is -2.46. The van der Waals surface area contributed by atoms with E-state index in [2.05, 4.69) is 35.6 Å². The lowest BCUT2D eigenvalue weighted by Gasteiger charge is -2.35. The Bertz CT molecular complexity index is 817. The molecule has 4 heteroatoms. The normalized spacial score (nSPS) is 15.4. The van der Waals surface area contributed by atoms with Gasteiger partial charge >= 0.3 is 0 Å². The Kier molecular flexibility index (Phi) is 5.03. The molecule has 0 radical (unpaired) electrons. The predicted octanol–water partition coefficient (Wildman–Crippen LogP) is 4.74. The first kappa shape index (κ1) is 16.7. The topological polar surface area (TPSA) is 21.3 Å². The molecule has 4 rings (SSSR count). The molecule has 1 atom stereocenters. The summed E-state index contributed by atoms with van der Waals surface area (Å²) in [6.45, 7) is 1.89. The standard InChI is InChI=1S/C20H18FNO.ClH/c21-18-7-9-19(10-8-18)23-20(17-12-22-13-17)16-6-5-14-3-1-2-4-15(14)11-16;/h1-11,17,20,22H,12-13H2;1H. The first-order valence-electron chi connectivity index (χ1n) is 7.91. The second-order valence-corrected chi connectivity index (χ2v) is 6.02. The molecule has 1 heterocycles. The number of fused-ring (bicyclic) bond motifs is 1. The molecule has 1 unspecified atom stereocenters. The van der Waals surface area contributed by atoms with Crippen LogP contribution in [0.4, 0.5) is 4.39 Å². The summed E-state index contributed by atoms with van der Waals surface area (Å²) < 4.78 is 19.3. The number of nitrogens with one attached hydrogen (secondary N) is 1. The van der Waals surface area contributed by atoms with Gasteiger partial charge in [-0.05, 0) is 46.7 Å². The maximum absolute atomic E-state index is 13.1. The van der Waals surface area contributed by atoms with Crippen LogP contribution in [-0.2, 0) is 0 Å². The highest BCUT2D eigenvalue weighted by Crippen LogP contribution is 2.32. The van der Waals surface area contributed by atoms with Crippen LogP contribution >= 0.6 is 12.4 Å². The summed E-state index contributed by atoms with van der Waals surface area (Å²) in [5.74, 6) is 0.891. The molecule has 3 aromatic rings. The summed E-state index contributed by atoms with van der Waals surface area (Å²) in [5.41, 5.74) is 1.17. The van der Waals surface area contributed by atoms with Crippen molar-refractivity contribution in [3.63, 3.8) is 0 Å². The van der Waals surface area contributed by atoms with Crippen molar-refractivity contribution < 1.29 is 9.13 Å². The molecule has 0 amide bonds. The minimum atomic E-state index is -0.245. The Morgan fingerprint density at radius 1 is 0.917 bits per heavy atom. The maximum atomic E-state index is 13.1. The fraction of sp³-hybridized carbons (Fsp3) is 0.200. The van der Waals surface area contributed by atoms with E-state index in [0.717, 1.165) is 13.1 Å². The minimum absolute atomic E-state index is 0. The van der Waals surface area contributed by atoms with Crippen molar-refractivity contribution >= 4 is 23.2 Å². The first-order chi connectivity index (χ1) is 11.3. The SMILES string of the molecule is Cl.Fc1ccc(OC(c2ccc3ccccc3c2)C2CNC2)cc1. The lowest BCUT2D eigenvalue weighted by atomic mass is 9.89. The zero-order valence-electron chi connectivity index (χ0n) is 13.1. The second-order valence-electron chi connectivity index (χ2n) is 6.02. The van der Waals surface area contributed by atoms with E-state index in [0.29, 0.717) is 11.7 Å². The zero-order chi connectivity index (χ0) is 15.6. The molecular formula is C20H19ClFNO. The Hall–Kier alpha value is -2.10. The van der Waals surface area contributed by atoms with Gasteiger partial charge in [0.2, 0.25) is 0 Å². The average Bonchev–Trinajstić information content (AvgIpc) is 2.54. The van der Waals surface area contributed by atoms with E-state index in [9.17, 15) is 4.39 Å². The van der Waals surface area contributed by atoms with Gasteiger partial charge in [0.05, 0.1) is 0 Å². The Balaban J connectivity index is 0.00000169. The van der Waals surface area contributed by atoms with Gasteiger partial charge in [-0.15, -0.1) is 12.4 Å². The van der Waals surface area contributed by atoms with Crippen LogP contribution in [0.5, 0.6) is 5.75 Å². The largest absolute Gasteiger partial charge is 0.485 e. The summed E-state index contributed by atoms with van der Waals surface area (Å²) in [4.78, 5) is 0. The van der Waals surface area contributed by atoms with E-state index in [1.807, 2.05) is 12.1 Å². The van der Waals surface area contributed by atoms with Crippen LogP contribution in [0.2, 0.25) is 0 Å². The molecular weight excluding hydrogens is 325 g/mol. The van der Waals surface area contributed by atoms with Crippen LogP contribution in [0, 0.1) is 11.7 Å². The van der Waals surface area contributed by atoms with E-state index in [-0.39, 0.29) is 24.3 Å². The van der Waals surface area contributed by atoms with Gasteiger partial charge in [0, 0.05) is 19.0 Å². The molecule has 1 N–H and O–H groups in total. The van der Waals surface area contributed by atoms with Crippen molar-refractivity contribution in [1.82, 2.24) is 5.32 Å². The summed E-state index contributed by atoms with van der Waals surface area (Å²) in [5, 5.41) is 5.74. The van der Waals surface area contributed by atoms with Crippen molar-refractivity contribution in [2.24, 2.45) is 5.92 Å². The summed E-state index contributed by atoms with van der Waals surface area (Å²) in [7, 11) is 0. The second kappa shape index (κ2) is 7.20. The number of hydrogen-bond donors (Lipinski definition) is 1. The fourth-order valence-corrected chi connectivity index (χ4v) is 3.01. The van der Waals surface area contributed by atoms with E-state index in [1.54, 1.807) is 12.1 Å². The van der Waals surface area contributed by atoms with E-state index < -0.39 is 0 Å². The third-order valence-corrected chi connectivity index (χ3v) is 4.42. The van der Waals surface area contributed by atoms with Gasteiger partial charge in [0.25, 0.3) is 0 Å². The number of hydrogen-bond acceptors (Lipinski definition) is 2. The minimum Gasteiger partial charge on any atom is -0.485 e. The van der Waals surface area contributed by atoms with Gasteiger partial charge in [0.1, 0.15) is 17.7 Å². The van der Waals surface area contributed by atoms with E-state index >= 15 is 0 Å². The Morgan fingerprint density at radius 3 is 2.29 bits per heavy atom. The van der Waals surface area contributed by atoms with Gasteiger partial charge in [-0.1, -0.05) is 36.4 Å². The number of ether oxygens (including phenoxy) is 1. The highest BCUT2D eigenvalue weighted by atomic mass is 35.5. The number of benzene rings is 3. The molecule has 1 fully saturated rings. The van der Waals surface area contributed by atoms with Gasteiger partial charge in [-0.25, -0.2) is 4.39 Å². The van der Waals surface area contributed by atoms with Crippen molar-refractivity contribution in [3.8, 4) is 5.75 Å². The van der Waals surface area contributed by atoms with Crippen LogP contribution in [0.25, 0.3) is 10.8 Å². The van der Waals surface area contributed by atoms with Crippen LogP contribution in [0.1, 0.15) is 11.7 Å². The summed E-state index contributed by atoms with van der Waals surface area (Å²) >= 11 is 0. The van der Waals surface area contributed by atoms with Gasteiger partial charge in [-0.3, -0.25) is 0 Å². The van der Waals surface area contributed by atoms with Gasteiger partial charge < -0.3 is 10.1 Å². The predicted molar refractivity (Wildman–Crippen MR) is 97.3 cm³/mol. The maximum Gasteiger partial charge on any atom is 0.129 e. The molecule has 0 saturated carbocycles. The van der Waals surface area contributed by atoms with Crippen LogP contribution in [0.3, 0.4) is 0 Å². The van der Waals surface area contributed by atoms with E-state index in [1.165, 1.54) is 28.5 Å². The first-order valence-corrected chi connectivity index (χ1v) is 7.91. The molecule has 1 saturated heterocycles. The molecule has 24 heavy (non-hydrogen) atoms.